The van der Waals surface area contributed by atoms with Crippen molar-refractivity contribution in [3.8, 4) is 11.4 Å². The number of aromatic hydroxyl groups is 1. The molecule has 3 rings (SSSR count). The molecule has 4 amide bonds. The van der Waals surface area contributed by atoms with Crippen molar-refractivity contribution in [2.24, 2.45) is 0 Å². The number of phenols is 1. The van der Waals surface area contributed by atoms with E-state index in [0.717, 1.165) is 17.7 Å². The highest BCUT2D eigenvalue weighted by Crippen LogP contribution is 2.34. The number of urea groups is 1. The van der Waals surface area contributed by atoms with Crippen molar-refractivity contribution in [2.45, 2.75) is 26.7 Å². The average Bonchev–Trinajstić information content (AvgIpc) is 3.22. The molecule has 0 aliphatic carbocycles. The Balaban J connectivity index is 1.77. The second-order valence-electron chi connectivity index (χ2n) is 7.18. The van der Waals surface area contributed by atoms with Crippen molar-refractivity contribution < 1.29 is 19.5 Å². The number of nitrogens with zero attached hydrogens (tertiary/aromatic N) is 4. The molecule has 1 aromatic heterocycles. The summed E-state index contributed by atoms with van der Waals surface area (Å²) in [7, 11) is 1.34. The van der Waals surface area contributed by atoms with Gasteiger partial charge in [0.15, 0.2) is 5.75 Å². The van der Waals surface area contributed by atoms with Gasteiger partial charge in [0, 0.05) is 13.6 Å². The van der Waals surface area contributed by atoms with E-state index in [2.05, 4.69) is 26.4 Å². The highest BCUT2D eigenvalue weighted by molar-refractivity contribution is 6.40. The van der Waals surface area contributed by atoms with Crippen LogP contribution in [0.1, 0.15) is 25.3 Å². The van der Waals surface area contributed by atoms with Gasteiger partial charge in [-0.2, -0.15) is 0 Å². The molecule has 0 saturated carbocycles. The fourth-order valence-corrected chi connectivity index (χ4v) is 2.97. The van der Waals surface area contributed by atoms with E-state index in [-0.39, 0.29) is 17.1 Å². The topological polar surface area (TPSA) is 141 Å². The minimum absolute atomic E-state index is 0.0916. The number of nitrogens with one attached hydrogen (secondary N) is 3. The van der Waals surface area contributed by atoms with Crippen LogP contribution in [0, 0.1) is 6.92 Å². The summed E-state index contributed by atoms with van der Waals surface area (Å²) in [4.78, 5) is 38.7. The molecule has 0 unspecified atom stereocenters. The zero-order valence-electron chi connectivity index (χ0n) is 18.0. The van der Waals surface area contributed by atoms with E-state index in [1.807, 2.05) is 19.1 Å². The molecule has 0 bridgehead atoms. The van der Waals surface area contributed by atoms with Gasteiger partial charge in [0.2, 0.25) is 0 Å². The molecule has 0 aliphatic heterocycles. The number of rotatable bonds is 5. The van der Waals surface area contributed by atoms with Gasteiger partial charge in [0.05, 0.1) is 5.69 Å². The van der Waals surface area contributed by atoms with Crippen LogP contribution >= 0.6 is 0 Å². The van der Waals surface area contributed by atoms with Crippen LogP contribution in [0.15, 0.2) is 36.4 Å². The van der Waals surface area contributed by atoms with Gasteiger partial charge < -0.3 is 15.3 Å². The number of hydrogen-bond acceptors (Lipinski definition) is 6. The molecule has 1 heterocycles. The number of hydrazine groups is 1. The van der Waals surface area contributed by atoms with Crippen molar-refractivity contribution in [3.63, 3.8) is 0 Å². The summed E-state index contributed by atoms with van der Waals surface area (Å²) >= 11 is 0. The molecule has 4 N–H and O–H groups in total. The Bertz CT molecular complexity index is 1130. The Morgan fingerprint density at radius 1 is 1.09 bits per heavy atom. The number of benzene rings is 2. The molecule has 32 heavy (non-hydrogen) atoms. The number of anilines is 1. The molecule has 2 aromatic carbocycles. The first-order valence-electron chi connectivity index (χ1n) is 10.1. The summed E-state index contributed by atoms with van der Waals surface area (Å²) in [5.74, 6) is -2.32. The van der Waals surface area contributed by atoms with Gasteiger partial charge in [-0.05, 0) is 43.2 Å². The van der Waals surface area contributed by atoms with Crippen LogP contribution in [0.3, 0.4) is 0 Å². The minimum atomic E-state index is -1.07. The van der Waals surface area contributed by atoms with Crippen molar-refractivity contribution >= 4 is 34.6 Å². The third-order valence-electron chi connectivity index (χ3n) is 4.68. The Labute approximate surface area is 184 Å². The van der Waals surface area contributed by atoms with Gasteiger partial charge in [-0.3, -0.25) is 15.0 Å². The lowest BCUT2D eigenvalue weighted by Gasteiger charge is -2.20. The lowest BCUT2D eigenvalue weighted by molar-refractivity contribution is -0.137. The number of hydrogen-bond donors (Lipinski definition) is 4. The Morgan fingerprint density at radius 3 is 2.38 bits per heavy atom. The molecule has 168 valence electrons. The molecule has 0 atom stereocenters. The number of amides is 4. The van der Waals surface area contributed by atoms with Gasteiger partial charge in [-0.1, -0.05) is 25.5 Å². The number of carbonyl (C=O) groups excluding carboxylic acids is 3. The first kappa shape index (κ1) is 22.5. The molecule has 0 spiro atoms. The first-order valence-corrected chi connectivity index (χ1v) is 10.1. The summed E-state index contributed by atoms with van der Waals surface area (Å²) in [5.41, 5.74) is 6.52. The van der Waals surface area contributed by atoms with Crippen LogP contribution in [0.5, 0.6) is 5.75 Å². The first-order chi connectivity index (χ1) is 15.3. The monoisotopic (exact) mass is 439 g/mol. The Hall–Kier alpha value is -4.15. The minimum Gasteiger partial charge on any atom is -0.504 e. The number of unbranched alkanes of at least 4 members (excludes halogenated alkanes) is 1. The van der Waals surface area contributed by atoms with Gasteiger partial charge in [0.1, 0.15) is 16.7 Å². The zero-order valence-corrected chi connectivity index (χ0v) is 18.0. The average molecular weight is 439 g/mol. The van der Waals surface area contributed by atoms with Crippen molar-refractivity contribution in [2.75, 3.05) is 18.5 Å². The van der Waals surface area contributed by atoms with E-state index in [9.17, 15) is 19.5 Å². The van der Waals surface area contributed by atoms with Gasteiger partial charge >= 0.3 is 17.8 Å². The fraction of sp³-hybridized carbons (Fsp3) is 0.286. The van der Waals surface area contributed by atoms with Crippen LogP contribution in [-0.2, 0) is 9.59 Å². The van der Waals surface area contributed by atoms with Crippen LogP contribution in [0.25, 0.3) is 16.7 Å². The van der Waals surface area contributed by atoms with E-state index in [1.165, 1.54) is 11.8 Å². The quantitative estimate of drug-likeness (QED) is 0.270. The van der Waals surface area contributed by atoms with E-state index in [1.54, 1.807) is 31.2 Å². The second-order valence-corrected chi connectivity index (χ2v) is 7.18. The number of aromatic nitrogens is 3. The van der Waals surface area contributed by atoms with Crippen molar-refractivity contribution in [1.82, 2.24) is 31.2 Å². The van der Waals surface area contributed by atoms with E-state index < -0.39 is 17.8 Å². The molecule has 0 saturated heterocycles. The van der Waals surface area contributed by atoms with Crippen LogP contribution in [-0.4, -0.2) is 51.5 Å². The standard InChI is InChI=1S/C21H25N7O4/c1-4-5-10-22-21(32)24-23-19(30)20(31)27(3)16-11-13(2)12-17(18(16)29)28-25-14-8-6-7-9-15(14)26-28/h6-9,11-12,29H,4-5,10H2,1-3H3,(H,23,30)(H2,22,24,32). The van der Waals surface area contributed by atoms with Crippen LogP contribution < -0.4 is 21.1 Å². The third kappa shape index (κ3) is 4.94. The highest BCUT2D eigenvalue weighted by Gasteiger charge is 2.25. The summed E-state index contributed by atoms with van der Waals surface area (Å²) in [6.07, 6.45) is 1.70. The lowest BCUT2D eigenvalue weighted by atomic mass is 10.1. The third-order valence-corrected chi connectivity index (χ3v) is 4.68. The Kier molecular flexibility index (Phi) is 6.88. The van der Waals surface area contributed by atoms with Crippen LogP contribution in [0.2, 0.25) is 0 Å². The largest absolute Gasteiger partial charge is 0.504 e. The normalized spacial score (nSPS) is 10.6. The number of likely N-dealkylation sites (N-methyl/N-ethyl adjacent to an activating group) is 1. The van der Waals surface area contributed by atoms with E-state index in [4.69, 9.17) is 0 Å². The predicted molar refractivity (Wildman–Crippen MR) is 118 cm³/mol. The predicted octanol–water partition coefficient (Wildman–Crippen LogP) is 1.53. The second kappa shape index (κ2) is 9.77. The molecule has 0 fully saturated rings. The zero-order chi connectivity index (χ0) is 23.3. The number of aryl methyl sites for hydroxylation is 1. The number of carbonyl (C=O) groups is 3. The van der Waals surface area contributed by atoms with E-state index >= 15 is 0 Å². The fourth-order valence-electron chi connectivity index (χ4n) is 2.97. The number of phenolic OH excluding ortho intramolecular Hbond substituents is 1. The van der Waals surface area contributed by atoms with Gasteiger partial charge in [-0.25, -0.2) is 10.2 Å². The molecule has 11 nitrogen and oxygen atoms in total. The number of fused-ring (bicyclic) bond motifs is 1. The molecule has 11 heteroatoms. The summed E-state index contributed by atoms with van der Waals surface area (Å²) in [6, 6.07) is 9.82. The van der Waals surface area contributed by atoms with Gasteiger partial charge in [-0.15, -0.1) is 15.0 Å². The summed E-state index contributed by atoms with van der Waals surface area (Å²) in [5, 5.41) is 22.1. The SMILES string of the molecule is CCCCNC(=O)NNC(=O)C(=O)N(C)c1cc(C)cc(-n2nc3ccccc3n2)c1O. The maximum absolute atomic E-state index is 12.6. The maximum atomic E-state index is 12.6. The van der Waals surface area contributed by atoms with Crippen molar-refractivity contribution in [3.05, 3.63) is 42.0 Å². The molecule has 3 aromatic rings. The Morgan fingerprint density at radius 2 is 1.75 bits per heavy atom. The molecule has 0 radical (unpaired) electrons. The summed E-state index contributed by atoms with van der Waals surface area (Å²) in [6.45, 7) is 4.20. The summed E-state index contributed by atoms with van der Waals surface area (Å²) < 4.78 is 0. The highest BCUT2D eigenvalue weighted by atomic mass is 16.3. The van der Waals surface area contributed by atoms with Gasteiger partial charge in [0.25, 0.3) is 0 Å². The molecule has 0 aliphatic rings. The maximum Gasteiger partial charge on any atom is 0.333 e. The lowest BCUT2D eigenvalue weighted by Crippen LogP contribution is -2.52. The van der Waals surface area contributed by atoms with Crippen molar-refractivity contribution in [1.29, 1.82) is 0 Å². The molecular formula is C21H25N7O4. The van der Waals surface area contributed by atoms with E-state index in [0.29, 0.717) is 23.1 Å². The molecular weight excluding hydrogens is 414 g/mol. The smallest absolute Gasteiger partial charge is 0.333 e. The van der Waals surface area contributed by atoms with Crippen LogP contribution in [0.4, 0.5) is 10.5 Å².